The van der Waals surface area contributed by atoms with Crippen LogP contribution in [0.25, 0.3) is 0 Å². The third kappa shape index (κ3) is 4.89. The Bertz CT molecular complexity index is 814. The van der Waals surface area contributed by atoms with Gasteiger partial charge in [-0.1, -0.05) is 30.3 Å². The number of ether oxygens (including phenoxy) is 1. The summed E-state index contributed by atoms with van der Waals surface area (Å²) in [6, 6.07) is 17.5. The minimum atomic E-state index is -3.45. The number of rotatable bonds is 7. The fraction of sp³-hybridized carbons (Fsp3) is 0.429. The predicted molar refractivity (Wildman–Crippen MR) is 108 cm³/mol. The Hall–Kier alpha value is -1.89. The molecule has 1 atom stereocenters. The van der Waals surface area contributed by atoms with Gasteiger partial charge in [0.05, 0.1) is 11.5 Å². The van der Waals surface area contributed by atoms with Crippen molar-refractivity contribution in [3.05, 3.63) is 60.2 Å². The van der Waals surface area contributed by atoms with E-state index < -0.39 is 10.0 Å². The zero-order valence-electron chi connectivity index (χ0n) is 16.0. The van der Waals surface area contributed by atoms with Gasteiger partial charge in [0.1, 0.15) is 5.75 Å². The third-order valence-corrected chi connectivity index (χ3v) is 6.96. The summed E-state index contributed by atoms with van der Waals surface area (Å²) in [5, 5.41) is 0. The van der Waals surface area contributed by atoms with Crippen LogP contribution in [-0.2, 0) is 16.4 Å². The third-order valence-electron chi connectivity index (χ3n) is 5.04. The van der Waals surface area contributed by atoms with Crippen LogP contribution in [0.3, 0.4) is 0 Å². The molecule has 146 valence electrons. The van der Waals surface area contributed by atoms with Crippen molar-refractivity contribution in [2.24, 2.45) is 0 Å². The van der Waals surface area contributed by atoms with Gasteiger partial charge in [0.2, 0.25) is 10.0 Å². The topological polar surface area (TPSA) is 49.9 Å². The number of piperazine rings is 1. The van der Waals surface area contributed by atoms with Gasteiger partial charge in [0.15, 0.2) is 0 Å². The summed E-state index contributed by atoms with van der Waals surface area (Å²) in [7, 11) is -3.45. The van der Waals surface area contributed by atoms with E-state index in [4.69, 9.17) is 4.74 Å². The highest BCUT2D eigenvalue weighted by Gasteiger charge is 2.30. The van der Waals surface area contributed by atoms with Gasteiger partial charge in [0.25, 0.3) is 0 Å². The second-order valence-corrected chi connectivity index (χ2v) is 8.82. The Kier molecular flexibility index (Phi) is 6.52. The molecule has 0 N–H and O–H groups in total. The SMILES string of the molecule is CCOc1ccc(S(=O)(=O)N2CCN(C(C)Cc3ccccc3)CC2)cc1. The Balaban J connectivity index is 1.59. The van der Waals surface area contributed by atoms with Gasteiger partial charge in [0, 0.05) is 32.2 Å². The van der Waals surface area contributed by atoms with Gasteiger partial charge in [-0.2, -0.15) is 4.31 Å². The molecule has 1 aliphatic heterocycles. The highest BCUT2D eigenvalue weighted by Crippen LogP contribution is 2.21. The predicted octanol–water partition coefficient (Wildman–Crippen LogP) is 3.02. The lowest BCUT2D eigenvalue weighted by atomic mass is 10.1. The fourth-order valence-electron chi connectivity index (χ4n) is 3.49. The van der Waals surface area contributed by atoms with Crippen LogP contribution < -0.4 is 4.74 Å². The lowest BCUT2D eigenvalue weighted by molar-refractivity contribution is 0.145. The first-order valence-corrected chi connectivity index (χ1v) is 11.0. The standard InChI is InChI=1S/C21H28N2O3S/c1-3-26-20-9-11-21(12-10-20)27(24,25)23-15-13-22(14-16-23)18(2)17-19-7-5-4-6-8-19/h4-12,18H,3,13-17H2,1-2H3. The molecule has 0 aromatic heterocycles. The average molecular weight is 389 g/mol. The fourth-order valence-corrected chi connectivity index (χ4v) is 4.91. The van der Waals surface area contributed by atoms with Crippen LogP contribution in [-0.4, -0.2) is 56.5 Å². The smallest absolute Gasteiger partial charge is 0.243 e. The highest BCUT2D eigenvalue weighted by molar-refractivity contribution is 7.89. The van der Waals surface area contributed by atoms with Crippen molar-refractivity contribution in [2.75, 3.05) is 32.8 Å². The summed E-state index contributed by atoms with van der Waals surface area (Å²) in [6.45, 7) is 7.24. The monoisotopic (exact) mass is 388 g/mol. The van der Waals surface area contributed by atoms with E-state index in [1.54, 1.807) is 28.6 Å². The van der Waals surface area contributed by atoms with E-state index in [1.807, 2.05) is 13.0 Å². The molecule has 0 bridgehead atoms. The molecular formula is C21H28N2O3S. The normalized spacial score (nSPS) is 17.6. The van der Waals surface area contributed by atoms with E-state index in [0.29, 0.717) is 36.4 Å². The zero-order valence-corrected chi connectivity index (χ0v) is 16.9. The lowest BCUT2D eigenvalue weighted by Gasteiger charge is -2.37. The molecular weight excluding hydrogens is 360 g/mol. The molecule has 0 spiro atoms. The van der Waals surface area contributed by atoms with Crippen molar-refractivity contribution >= 4 is 10.0 Å². The maximum absolute atomic E-state index is 12.9. The minimum absolute atomic E-state index is 0.330. The van der Waals surface area contributed by atoms with Crippen molar-refractivity contribution in [2.45, 2.75) is 31.2 Å². The molecule has 27 heavy (non-hydrogen) atoms. The van der Waals surface area contributed by atoms with Gasteiger partial charge in [-0.3, -0.25) is 4.90 Å². The molecule has 2 aromatic rings. The second kappa shape index (κ2) is 8.87. The Labute approximate surface area is 162 Å². The van der Waals surface area contributed by atoms with Crippen LogP contribution in [0.4, 0.5) is 0 Å². The summed E-state index contributed by atoms with van der Waals surface area (Å²) in [6.07, 6.45) is 0.979. The summed E-state index contributed by atoms with van der Waals surface area (Å²) < 4.78 is 32.8. The molecule has 1 heterocycles. The maximum Gasteiger partial charge on any atom is 0.243 e. The molecule has 0 saturated carbocycles. The largest absolute Gasteiger partial charge is 0.494 e. The molecule has 1 unspecified atom stereocenters. The lowest BCUT2D eigenvalue weighted by Crippen LogP contribution is -2.51. The van der Waals surface area contributed by atoms with Gasteiger partial charge >= 0.3 is 0 Å². The maximum atomic E-state index is 12.9. The van der Waals surface area contributed by atoms with Crippen molar-refractivity contribution in [3.63, 3.8) is 0 Å². The van der Waals surface area contributed by atoms with Crippen molar-refractivity contribution < 1.29 is 13.2 Å². The quantitative estimate of drug-likeness (QED) is 0.732. The molecule has 3 rings (SSSR count). The van der Waals surface area contributed by atoms with Crippen molar-refractivity contribution in [1.82, 2.24) is 9.21 Å². The Morgan fingerprint density at radius 3 is 2.19 bits per heavy atom. The summed E-state index contributed by atoms with van der Waals surface area (Å²) in [5.74, 6) is 0.691. The molecule has 0 radical (unpaired) electrons. The molecule has 2 aromatic carbocycles. The van der Waals surface area contributed by atoms with Gasteiger partial charge in [-0.05, 0) is 50.1 Å². The van der Waals surface area contributed by atoms with E-state index >= 15 is 0 Å². The molecule has 0 aliphatic carbocycles. The van der Waals surface area contributed by atoms with Gasteiger partial charge in [-0.25, -0.2) is 8.42 Å². The first kappa shape index (κ1) is 19.9. The van der Waals surface area contributed by atoms with E-state index in [0.717, 1.165) is 19.5 Å². The zero-order chi connectivity index (χ0) is 19.3. The van der Waals surface area contributed by atoms with E-state index in [-0.39, 0.29) is 0 Å². The number of benzene rings is 2. The van der Waals surface area contributed by atoms with Gasteiger partial charge in [-0.15, -0.1) is 0 Å². The first-order chi connectivity index (χ1) is 13.0. The van der Waals surface area contributed by atoms with E-state index in [9.17, 15) is 8.42 Å². The van der Waals surface area contributed by atoms with Crippen LogP contribution in [0.2, 0.25) is 0 Å². The van der Waals surface area contributed by atoms with Crippen molar-refractivity contribution in [1.29, 1.82) is 0 Å². The van der Waals surface area contributed by atoms with Gasteiger partial charge < -0.3 is 4.74 Å². The minimum Gasteiger partial charge on any atom is -0.494 e. The van der Waals surface area contributed by atoms with Crippen LogP contribution >= 0.6 is 0 Å². The summed E-state index contributed by atoms with van der Waals surface area (Å²) in [5.41, 5.74) is 1.31. The number of nitrogens with zero attached hydrogens (tertiary/aromatic N) is 2. The summed E-state index contributed by atoms with van der Waals surface area (Å²) >= 11 is 0. The van der Waals surface area contributed by atoms with Crippen LogP contribution in [0.1, 0.15) is 19.4 Å². The highest BCUT2D eigenvalue weighted by atomic mass is 32.2. The van der Waals surface area contributed by atoms with Crippen LogP contribution in [0, 0.1) is 0 Å². The average Bonchev–Trinajstić information content (AvgIpc) is 2.69. The second-order valence-electron chi connectivity index (χ2n) is 6.88. The number of hydrogen-bond donors (Lipinski definition) is 0. The molecule has 6 heteroatoms. The number of sulfonamides is 1. The summed E-state index contributed by atoms with van der Waals surface area (Å²) in [4.78, 5) is 2.70. The molecule has 1 aliphatic rings. The van der Waals surface area contributed by atoms with E-state index in [2.05, 4.69) is 36.1 Å². The van der Waals surface area contributed by atoms with Crippen LogP contribution in [0.15, 0.2) is 59.5 Å². The molecule has 1 saturated heterocycles. The van der Waals surface area contributed by atoms with E-state index in [1.165, 1.54) is 5.56 Å². The Morgan fingerprint density at radius 2 is 1.59 bits per heavy atom. The molecule has 5 nitrogen and oxygen atoms in total. The van der Waals surface area contributed by atoms with Crippen molar-refractivity contribution in [3.8, 4) is 5.75 Å². The molecule has 1 fully saturated rings. The Morgan fingerprint density at radius 1 is 0.963 bits per heavy atom. The molecule has 0 amide bonds. The van der Waals surface area contributed by atoms with Crippen LogP contribution in [0.5, 0.6) is 5.75 Å². The first-order valence-electron chi connectivity index (χ1n) is 9.51. The number of hydrogen-bond acceptors (Lipinski definition) is 4.